The summed E-state index contributed by atoms with van der Waals surface area (Å²) in [6, 6.07) is 10.7. The van der Waals surface area contributed by atoms with E-state index in [1.807, 2.05) is 13.0 Å². The molecule has 18 heavy (non-hydrogen) atoms. The van der Waals surface area contributed by atoms with Crippen molar-refractivity contribution in [1.82, 2.24) is 4.90 Å². The van der Waals surface area contributed by atoms with Gasteiger partial charge in [0.05, 0.1) is 6.10 Å². The van der Waals surface area contributed by atoms with Crippen molar-refractivity contribution < 1.29 is 5.11 Å². The van der Waals surface area contributed by atoms with Gasteiger partial charge in [0.2, 0.25) is 0 Å². The van der Waals surface area contributed by atoms with Gasteiger partial charge in [-0.05, 0) is 31.9 Å². The zero-order valence-corrected chi connectivity index (χ0v) is 11.1. The Morgan fingerprint density at radius 3 is 2.83 bits per heavy atom. The van der Waals surface area contributed by atoms with Crippen molar-refractivity contribution in [2.75, 3.05) is 13.1 Å². The van der Waals surface area contributed by atoms with Crippen molar-refractivity contribution in [1.29, 1.82) is 0 Å². The zero-order chi connectivity index (χ0) is 12.8. The van der Waals surface area contributed by atoms with E-state index in [4.69, 9.17) is 0 Å². The van der Waals surface area contributed by atoms with E-state index in [-0.39, 0.29) is 6.10 Å². The molecule has 1 aliphatic heterocycles. The molecule has 1 aliphatic rings. The van der Waals surface area contributed by atoms with Gasteiger partial charge in [-0.2, -0.15) is 0 Å². The van der Waals surface area contributed by atoms with Gasteiger partial charge in [0.1, 0.15) is 0 Å². The topological polar surface area (TPSA) is 23.5 Å². The summed E-state index contributed by atoms with van der Waals surface area (Å²) >= 11 is 0. The van der Waals surface area contributed by atoms with Crippen molar-refractivity contribution in [2.24, 2.45) is 0 Å². The molecule has 0 radical (unpaired) electrons. The molecule has 0 saturated carbocycles. The van der Waals surface area contributed by atoms with E-state index in [9.17, 15) is 5.11 Å². The van der Waals surface area contributed by atoms with E-state index in [2.05, 4.69) is 41.3 Å². The number of hydrogen-bond donors (Lipinski definition) is 1. The molecule has 0 amide bonds. The van der Waals surface area contributed by atoms with Gasteiger partial charge in [-0.3, -0.25) is 4.90 Å². The van der Waals surface area contributed by atoms with Crippen LogP contribution in [-0.4, -0.2) is 35.2 Å². The van der Waals surface area contributed by atoms with Crippen LogP contribution in [0, 0.1) is 0 Å². The summed E-state index contributed by atoms with van der Waals surface area (Å²) < 4.78 is 0. The van der Waals surface area contributed by atoms with Gasteiger partial charge in [0.15, 0.2) is 0 Å². The molecule has 2 nitrogen and oxygen atoms in total. The van der Waals surface area contributed by atoms with Crippen molar-refractivity contribution in [3.63, 3.8) is 0 Å². The molecule has 0 aromatic heterocycles. The van der Waals surface area contributed by atoms with Crippen LogP contribution in [0.3, 0.4) is 0 Å². The Balaban J connectivity index is 1.90. The number of likely N-dealkylation sites (tertiary alicyclic amines) is 1. The lowest BCUT2D eigenvalue weighted by Crippen LogP contribution is -2.45. The fourth-order valence-corrected chi connectivity index (χ4v) is 2.68. The van der Waals surface area contributed by atoms with Crippen LogP contribution < -0.4 is 0 Å². The van der Waals surface area contributed by atoms with Crippen LogP contribution >= 0.6 is 0 Å². The van der Waals surface area contributed by atoms with Crippen molar-refractivity contribution >= 4 is 6.08 Å². The van der Waals surface area contributed by atoms with Crippen LogP contribution in [0.2, 0.25) is 0 Å². The SMILES string of the molecule is CC(O)C1CCCCN1CC=Cc1ccccc1. The lowest BCUT2D eigenvalue weighted by Gasteiger charge is -2.36. The van der Waals surface area contributed by atoms with Crippen LogP contribution in [-0.2, 0) is 0 Å². The molecule has 1 aromatic rings. The van der Waals surface area contributed by atoms with Crippen molar-refractivity contribution in [2.45, 2.75) is 38.3 Å². The number of aliphatic hydroxyl groups is 1. The Bertz CT molecular complexity index is 372. The van der Waals surface area contributed by atoms with Gasteiger partial charge in [-0.25, -0.2) is 0 Å². The molecule has 1 saturated heterocycles. The quantitative estimate of drug-likeness (QED) is 0.881. The summed E-state index contributed by atoms with van der Waals surface area (Å²) in [5.74, 6) is 0. The summed E-state index contributed by atoms with van der Waals surface area (Å²) in [6.07, 6.45) is 7.76. The average Bonchev–Trinajstić information content (AvgIpc) is 2.40. The molecule has 98 valence electrons. The third-order valence-electron chi connectivity index (χ3n) is 3.67. The van der Waals surface area contributed by atoms with Crippen LogP contribution in [0.15, 0.2) is 36.4 Å². The maximum Gasteiger partial charge on any atom is 0.0667 e. The van der Waals surface area contributed by atoms with Crippen LogP contribution in [0.4, 0.5) is 0 Å². The van der Waals surface area contributed by atoms with Crippen molar-refractivity contribution in [3.8, 4) is 0 Å². The Kier molecular flexibility index (Phi) is 4.97. The minimum atomic E-state index is -0.226. The minimum absolute atomic E-state index is 0.226. The first-order valence-electron chi connectivity index (χ1n) is 6.91. The second kappa shape index (κ2) is 6.72. The summed E-state index contributed by atoms with van der Waals surface area (Å²) in [5, 5.41) is 9.80. The van der Waals surface area contributed by atoms with E-state index in [0.29, 0.717) is 6.04 Å². The summed E-state index contributed by atoms with van der Waals surface area (Å²) in [4.78, 5) is 2.40. The Morgan fingerprint density at radius 1 is 1.33 bits per heavy atom. The predicted octanol–water partition coefficient (Wildman–Crippen LogP) is 2.94. The molecule has 2 unspecified atom stereocenters. The first-order valence-corrected chi connectivity index (χ1v) is 6.91. The highest BCUT2D eigenvalue weighted by Crippen LogP contribution is 2.19. The normalized spacial score (nSPS) is 23.3. The van der Waals surface area contributed by atoms with E-state index in [0.717, 1.165) is 19.5 Å². The third-order valence-corrected chi connectivity index (χ3v) is 3.67. The lowest BCUT2D eigenvalue weighted by atomic mass is 9.98. The first-order chi connectivity index (χ1) is 8.77. The Morgan fingerprint density at radius 2 is 2.11 bits per heavy atom. The molecule has 0 bridgehead atoms. The highest BCUT2D eigenvalue weighted by atomic mass is 16.3. The molecule has 0 spiro atoms. The Labute approximate surface area is 110 Å². The lowest BCUT2D eigenvalue weighted by molar-refractivity contribution is 0.0439. The van der Waals surface area contributed by atoms with Crippen molar-refractivity contribution in [3.05, 3.63) is 42.0 Å². The fourth-order valence-electron chi connectivity index (χ4n) is 2.68. The molecule has 2 heteroatoms. The number of nitrogens with zero attached hydrogens (tertiary/aromatic N) is 1. The summed E-state index contributed by atoms with van der Waals surface area (Å²) in [5.41, 5.74) is 1.24. The van der Waals surface area contributed by atoms with E-state index < -0.39 is 0 Å². The Hall–Kier alpha value is -1.12. The van der Waals surface area contributed by atoms with Gasteiger partial charge in [0, 0.05) is 12.6 Å². The fraction of sp³-hybridized carbons (Fsp3) is 0.500. The second-order valence-corrected chi connectivity index (χ2v) is 5.11. The standard InChI is InChI=1S/C16H23NO/c1-14(18)16-11-5-6-12-17(16)13-7-10-15-8-3-2-4-9-15/h2-4,7-10,14,16,18H,5-6,11-13H2,1H3. The first kappa shape index (κ1) is 13.3. The molecule has 1 heterocycles. The second-order valence-electron chi connectivity index (χ2n) is 5.11. The zero-order valence-electron chi connectivity index (χ0n) is 11.1. The van der Waals surface area contributed by atoms with E-state index in [1.54, 1.807) is 0 Å². The number of benzene rings is 1. The largest absolute Gasteiger partial charge is 0.392 e. The van der Waals surface area contributed by atoms with Gasteiger partial charge in [0.25, 0.3) is 0 Å². The van der Waals surface area contributed by atoms with Crippen LogP contribution in [0.1, 0.15) is 31.7 Å². The molecule has 1 fully saturated rings. The molecule has 1 N–H and O–H groups in total. The third kappa shape index (κ3) is 3.69. The van der Waals surface area contributed by atoms with E-state index >= 15 is 0 Å². The molecule has 1 aromatic carbocycles. The minimum Gasteiger partial charge on any atom is -0.392 e. The predicted molar refractivity (Wildman–Crippen MR) is 76.4 cm³/mol. The van der Waals surface area contributed by atoms with Gasteiger partial charge >= 0.3 is 0 Å². The maximum absolute atomic E-state index is 9.80. The number of rotatable bonds is 4. The van der Waals surface area contributed by atoms with E-state index in [1.165, 1.54) is 18.4 Å². The molecule has 2 atom stereocenters. The molecular weight excluding hydrogens is 222 g/mol. The number of hydrogen-bond acceptors (Lipinski definition) is 2. The number of aliphatic hydroxyl groups excluding tert-OH is 1. The van der Waals surface area contributed by atoms with Crippen LogP contribution in [0.5, 0.6) is 0 Å². The smallest absolute Gasteiger partial charge is 0.0667 e. The van der Waals surface area contributed by atoms with Gasteiger partial charge in [-0.1, -0.05) is 48.9 Å². The maximum atomic E-state index is 9.80. The average molecular weight is 245 g/mol. The summed E-state index contributed by atoms with van der Waals surface area (Å²) in [6.45, 7) is 3.95. The highest BCUT2D eigenvalue weighted by molar-refractivity contribution is 5.48. The molecule has 2 rings (SSSR count). The van der Waals surface area contributed by atoms with Gasteiger partial charge < -0.3 is 5.11 Å². The van der Waals surface area contributed by atoms with Gasteiger partial charge in [-0.15, -0.1) is 0 Å². The monoisotopic (exact) mass is 245 g/mol. The molecular formula is C16H23NO. The number of piperidine rings is 1. The summed E-state index contributed by atoms with van der Waals surface area (Å²) in [7, 11) is 0. The molecule has 0 aliphatic carbocycles. The highest BCUT2D eigenvalue weighted by Gasteiger charge is 2.24. The van der Waals surface area contributed by atoms with Crippen LogP contribution in [0.25, 0.3) is 6.08 Å².